The Balaban J connectivity index is 1.84. The molecule has 1 aromatic carbocycles. The van der Waals surface area contributed by atoms with Gasteiger partial charge >= 0.3 is 0 Å². The highest BCUT2D eigenvalue weighted by Crippen LogP contribution is 2.44. The Hall–Kier alpha value is -0.510. The van der Waals surface area contributed by atoms with Crippen molar-refractivity contribution in [2.24, 2.45) is 0 Å². The first-order chi connectivity index (χ1) is 8.79. The van der Waals surface area contributed by atoms with Gasteiger partial charge in [0.2, 0.25) is 0 Å². The number of benzene rings is 1. The van der Waals surface area contributed by atoms with Gasteiger partial charge in [0, 0.05) is 11.3 Å². The molecule has 0 amide bonds. The Morgan fingerprint density at radius 3 is 2.56 bits per heavy atom. The normalized spacial score (nSPS) is 31.8. The molecule has 1 fully saturated rings. The summed E-state index contributed by atoms with van der Waals surface area (Å²) in [4.78, 5) is 0. The van der Waals surface area contributed by atoms with E-state index in [4.69, 9.17) is 4.74 Å². The van der Waals surface area contributed by atoms with Gasteiger partial charge in [-0.15, -0.1) is 11.8 Å². The molecule has 1 saturated heterocycles. The summed E-state index contributed by atoms with van der Waals surface area (Å²) in [5.41, 5.74) is 3.02. The molecule has 0 bridgehead atoms. The molecule has 1 aliphatic carbocycles. The molecular weight excluding hydrogens is 242 g/mol. The lowest BCUT2D eigenvalue weighted by Crippen LogP contribution is -2.38. The quantitative estimate of drug-likeness (QED) is 0.906. The average Bonchev–Trinajstić information content (AvgIpc) is 2.34. The van der Waals surface area contributed by atoms with Crippen LogP contribution in [0.5, 0.6) is 0 Å². The highest BCUT2D eigenvalue weighted by atomic mass is 32.2. The van der Waals surface area contributed by atoms with Gasteiger partial charge in [0.05, 0.1) is 18.5 Å². The third-order valence-corrected chi connectivity index (χ3v) is 5.58. The second kappa shape index (κ2) is 5.24. The summed E-state index contributed by atoms with van der Waals surface area (Å²) in [5, 5.41) is 4.91. The first-order valence-corrected chi connectivity index (χ1v) is 7.73. The van der Waals surface area contributed by atoms with E-state index in [1.54, 1.807) is 0 Å². The predicted molar refractivity (Wildman–Crippen MR) is 77.3 cm³/mol. The molecule has 2 aliphatic rings. The van der Waals surface area contributed by atoms with E-state index in [0.717, 1.165) is 13.2 Å². The molecule has 1 N–H and O–H groups in total. The van der Waals surface area contributed by atoms with Crippen LogP contribution >= 0.6 is 11.8 Å². The smallest absolute Gasteiger partial charge is 0.0608 e. The van der Waals surface area contributed by atoms with Gasteiger partial charge in [0.15, 0.2) is 0 Å². The minimum Gasteiger partial charge on any atom is -0.379 e. The van der Waals surface area contributed by atoms with Gasteiger partial charge in [0.1, 0.15) is 0 Å². The van der Waals surface area contributed by atoms with Gasteiger partial charge in [-0.05, 0) is 30.5 Å². The largest absolute Gasteiger partial charge is 0.379 e. The SMILES string of the molecule is CNC1c2ccccc2C(C)CC1SC1COC1. The van der Waals surface area contributed by atoms with Crippen LogP contribution in [0.25, 0.3) is 0 Å². The van der Waals surface area contributed by atoms with Crippen molar-refractivity contribution in [2.75, 3.05) is 20.3 Å². The molecule has 3 atom stereocenters. The number of thioether (sulfide) groups is 1. The molecule has 1 aliphatic heterocycles. The van der Waals surface area contributed by atoms with Crippen LogP contribution in [-0.2, 0) is 4.74 Å². The number of hydrogen-bond donors (Lipinski definition) is 1. The molecule has 0 aromatic heterocycles. The lowest BCUT2D eigenvalue weighted by Gasteiger charge is -2.39. The Labute approximate surface area is 113 Å². The summed E-state index contributed by atoms with van der Waals surface area (Å²) in [6, 6.07) is 9.39. The minimum absolute atomic E-state index is 0.489. The Bertz CT molecular complexity index is 419. The fourth-order valence-corrected chi connectivity index (χ4v) is 4.75. The van der Waals surface area contributed by atoms with Crippen molar-refractivity contribution < 1.29 is 4.74 Å². The second-order valence-electron chi connectivity index (χ2n) is 5.37. The lowest BCUT2D eigenvalue weighted by atomic mass is 9.81. The molecule has 0 saturated carbocycles. The molecule has 1 aromatic rings. The summed E-state index contributed by atoms with van der Waals surface area (Å²) in [7, 11) is 2.09. The third-order valence-electron chi connectivity index (χ3n) is 4.11. The van der Waals surface area contributed by atoms with Crippen molar-refractivity contribution in [3.05, 3.63) is 35.4 Å². The van der Waals surface area contributed by atoms with Gasteiger partial charge in [-0.2, -0.15) is 0 Å². The van der Waals surface area contributed by atoms with Gasteiger partial charge < -0.3 is 10.1 Å². The summed E-state index contributed by atoms with van der Waals surface area (Å²) in [6.45, 7) is 4.23. The maximum atomic E-state index is 5.30. The molecule has 3 unspecified atom stereocenters. The maximum Gasteiger partial charge on any atom is 0.0608 e. The summed E-state index contributed by atoms with van der Waals surface area (Å²) in [6.07, 6.45) is 1.27. The van der Waals surface area contributed by atoms with E-state index in [1.807, 2.05) is 0 Å². The summed E-state index contributed by atoms with van der Waals surface area (Å²) >= 11 is 2.12. The molecule has 18 heavy (non-hydrogen) atoms. The van der Waals surface area contributed by atoms with Crippen molar-refractivity contribution in [1.82, 2.24) is 5.32 Å². The Kier molecular flexibility index (Phi) is 3.64. The molecule has 1 heterocycles. The number of rotatable bonds is 3. The molecule has 98 valence electrons. The van der Waals surface area contributed by atoms with Crippen molar-refractivity contribution in [3.8, 4) is 0 Å². The predicted octanol–water partition coefficient (Wildman–Crippen LogP) is 2.95. The van der Waals surface area contributed by atoms with E-state index in [0.29, 0.717) is 22.5 Å². The van der Waals surface area contributed by atoms with Crippen LogP contribution in [0.3, 0.4) is 0 Å². The average molecular weight is 263 g/mol. The zero-order chi connectivity index (χ0) is 12.5. The molecule has 0 radical (unpaired) electrons. The first-order valence-electron chi connectivity index (χ1n) is 6.79. The van der Waals surface area contributed by atoms with Gasteiger partial charge in [0.25, 0.3) is 0 Å². The van der Waals surface area contributed by atoms with E-state index in [9.17, 15) is 0 Å². The van der Waals surface area contributed by atoms with Crippen LogP contribution < -0.4 is 5.32 Å². The first kappa shape index (κ1) is 12.5. The van der Waals surface area contributed by atoms with E-state index in [1.165, 1.54) is 17.5 Å². The topological polar surface area (TPSA) is 21.3 Å². The maximum absolute atomic E-state index is 5.30. The number of fused-ring (bicyclic) bond motifs is 1. The van der Waals surface area contributed by atoms with Crippen LogP contribution in [0.4, 0.5) is 0 Å². The van der Waals surface area contributed by atoms with Crippen LogP contribution in [0, 0.1) is 0 Å². The van der Waals surface area contributed by atoms with Crippen LogP contribution in [0.15, 0.2) is 24.3 Å². The number of ether oxygens (including phenoxy) is 1. The van der Waals surface area contributed by atoms with Gasteiger partial charge in [-0.25, -0.2) is 0 Å². The van der Waals surface area contributed by atoms with Crippen LogP contribution in [0.1, 0.15) is 36.4 Å². The molecule has 3 heteroatoms. The van der Waals surface area contributed by atoms with Gasteiger partial charge in [-0.1, -0.05) is 31.2 Å². The number of hydrogen-bond acceptors (Lipinski definition) is 3. The van der Waals surface area contributed by atoms with E-state index >= 15 is 0 Å². The standard InChI is InChI=1S/C15H21NOS/c1-10-7-14(18-11-8-17-9-11)15(16-2)13-6-4-3-5-12(10)13/h3-6,10-11,14-16H,7-9H2,1-2H3. The van der Waals surface area contributed by atoms with Gasteiger partial charge in [-0.3, -0.25) is 0 Å². The fraction of sp³-hybridized carbons (Fsp3) is 0.600. The molecular formula is C15H21NOS. The molecule has 2 nitrogen and oxygen atoms in total. The Morgan fingerprint density at radius 1 is 1.22 bits per heavy atom. The highest BCUT2D eigenvalue weighted by Gasteiger charge is 2.35. The molecule has 3 rings (SSSR count). The van der Waals surface area contributed by atoms with Crippen molar-refractivity contribution in [1.29, 1.82) is 0 Å². The minimum atomic E-state index is 0.489. The van der Waals surface area contributed by atoms with E-state index < -0.39 is 0 Å². The van der Waals surface area contributed by atoms with E-state index in [2.05, 4.69) is 55.3 Å². The number of nitrogens with one attached hydrogen (secondary N) is 1. The monoisotopic (exact) mass is 263 g/mol. The zero-order valence-electron chi connectivity index (χ0n) is 11.1. The van der Waals surface area contributed by atoms with Crippen molar-refractivity contribution in [3.63, 3.8) is 0 Å². The zero-order valence-corrected chi connectivity index (χ0v) is 11.9. The summed E-state index contributed by atoms with van der Waals surface area (Å²) < 4.78 is 5.30. The molecule has 0 spiro atoms. The van der Waals surface area contributed by atoms with Crippen molar-refractivity contribution >= 4 is 11.8 Å². The second-order valence-corrected chi connectivity index (χ2v) is 6.91. The lowest BCUT2D eigenvalue weighted by molar-refractivity contribution is 0.0451. The van der Waals surface area contributed by atoms with E-state index in [-0.39, 0.29) is 0 Å². The third kappa shape index (κ3) is 2.20. The van der Waals surface area contributed by atoms with Crippen LogP contribution in [0.2, 0.25) is 0 Å². The Morgan fingerprint density at radius 2 is 1.94 bits per heavy atom. The highest BCUT2D eigenvalue weighted by molar-refractivity contribution is 8.00. The fourth-order valence-electron chi connectivity index (χ4n) is 3.07. The van der Waals surface area contributed by atoms with Crippen molar-refractivity contribution in [2.45, 2.75) is 35.8 Å². The summed E-state index contributed by atoms with van der Waals surface area (Å²) in [5.74, 6) is 0.671. The van der Waals surface area contributed by atoms with Crippen LogP contribution in [-0.4, -0.2) is 30.8 Å².